The van der Waals surface area contributed by atoms with Crippen molar-refractivity contribution in [2.24, 2.45) is 11.5 Å². The Kier molecular flexibility index (Phi) is 4.85. The first kappa shape index (κ1) is 14.9. The quantitative estimate of drug-likeness (QED) is 0.666. The molecular formula is C13H15N5O2S. The highest BCUT2D eigenvalue weighted by Crippen LogP contribution is 2.17. The van der Waals surface area contributed by atoms with E-state index >= 15 is 0 Å². The van der Waals surface area contributed by atoms with Crippen LogP contribution in [0.2, 0.25) is 0 Å². The number of carbonyl (C=O) groups is 2. The summed E-state index contributed by atoms with van der Waals surface area (Å²) in [6, 6.07) is 6.02. The normalized spacial score (nSPS) is 10.1. The Bertz CT molecular complexity index is 656. The molecule has 1 aromatic heterocycles. The lowest BCUT2D eigenvalue weighted by molar-refractivity contribution is 0.102. The van der Waals surface area contributed by atoms with Gasteiger partial charge < -0.3 is 22.1 Å². The first-order valence-corrected chi connectivity index (χ1v) is 7.09. The van der Waals surface area contributed by atoms with Crippen molar-refractivity contribution in [3.05, 3.63) is 40.3 Å². The number of nitrogens with zero attached hydrogens (tertiary/aromatic N) is 1. The molecule has 0 saturated heterocycles. The third-order valence-electron chi connectivity index (χ3n) is 2.53. The van der Waals surface area contributed by atoms with E-state index in [4.69, 9.17) is 11.5 Å². The lowest BCUT2D eigenvalue weighted by Crippen LogP contribution is -2.19. The summed E-state index contributed by atoms with van der Waals surface area (Å²) in [5.74, 6) is -0.314. The number of thiazole rings is 1. The molecule has 0 unspecified atom stereocenters. The highest BCUT2D eigenvalue weighted by molar-refractivity contribution is 7.09. The molecule has 2 rings (SSSR count). The third-order valence-corrected chi connectivity index (χ3v) is 3.44. The molecule has 0 aliphatic rings. The van der Waals surface area contributed by atoms with Crippen molar-refractivity contribution in [1.82, 2.24) is 4.98 Å². The van der Waals surface area contributed by atoms with Gasteiger partial charge in [0.1, 0.15) is 5.69 Å². The van der Waals surface area contributed by atoms with Gasteiger partial charge in [-0.3, -0.25) is 4.79 Å². The van der Waals surface area contributed by atoms with E-state index in [9.17, 15) is 9.59 Å². The summed E-state index contributed by atoms with van der Waals surface area (Å²) in [4.78, 5) is 27.1. The molecule has 0 aliphatic heterocycles. The van der Waals surface area contributed by atoms with Crippen LogP contribution in [0.1, 0.15) is 15.5 Å². The minimum absolute atomic E-state index is 0.314. The molecule has 0 spiro atoms. The van der Waals surface area contributed by atoms with Gasteiger partial charge in [0.2, 0.25) is 0 Å². The first-order chi connectivity index (χ1) is 10.1. The van der Waals surface area contributed by atoms with Gasteiger partial charge in [-0.05, 0) is 24.7 Å². The number of amides is 3. The molecule has 2 aromatic rings. The van der Waals surface area contributed by atoms with Crippen molar-refractivity contribution in [3.8, 4) is 0 Å². The molecule has 0 fully saturated rings. The first-order valence-electron chi connectivity index (χ1n) is 6.21. The zero-order valence-electron chi connectivity index (χ0n) is 11.1. The maximum Gasteiger partial charge on any atom is 0.316 e. The number of aromatic nitrogens is 1. The van der Waals surface area contributed by atoms with Crippen LogP contribution in [0.3, 0.4) is 0 Å². The summed E-state index contributed by atoms with van der Waals surface area (Å²) in [6.07, 6.45) is 0.649. The highest BCUT2D eigenvalue weighted by Gasteiger charge is 2.11. The molecule has 1 heterocycles. The van der Waals surface area contributed by atoms with Gasteiger partial charge in [0, 0.05) is 23.2 Å². The fraction of sp³-hybridized carbons (Fsp3) is 0.154. The van der Waals surface area contributed by atoms with Crippen molar-refractivity contribution >= 4 is 34.6 Å². The minimum atomic E-state index is -0.663. The number of carbonyl (C=O) groups excluding carboxylic acids is 2. The van der Waals surface area contributed by atoms with Crippen molar-refractivity contribution in [3.63, 3.8) is 0 Å². The van der Waals surface area contributed by atoms with E-state index in [-0.39, 0.29) is 5.91 Å². The highest BCUT2D eigenvalue weighted by atomic mass is 32.1. The van der Waals surface area contributed by atoms with Gasteiger partial charge in [0.15, 0.2) is 0 Å². The van der Waals surface area contributed by atoms with Crippen molar-refractivity contribution in [2.45, 2.75) is 6.42 Å². The number of hydrogen-bond acceptors (Lipinski definition) is 5. The Hall–Kier alpha value is -2.45. The molecule has 21 heavy (non-hydrogen) atoms. The largest absolute Gasteiger partial charge is 0.351 e. The summed E-state index contributed by atoms with van der Waals surface area (Å²) in [5, 5.41) is 7.66. The fourth-order valence-corrected chi connectivity index (χ4v) is 2.46. The second-order valence-electron chi connectivity index (χ2n) is 4.19. The van der Waals surface area contributed by atoms with E-state index in [1.165, 1.54) is 11.3 Å². The molecule has 0 radical (unpaired) electrons. The van der Waals surface area contributed by atoms with Gasteiger partial charge in [-0.2, -0.15) is 0 Å². The van der Waals surface area contributed by atoms with Crippen LogP contribution in [0.5, 0.6) is 0 Å². The van der Waals surface area contributed by atoms with Crippen molar-refractivity contribution in [1.29, 1.82) is 0 Å². The molecule has 8 heteroatoms. The monoisotopic (exact) mass is 305 g/mol. The Balaban J connectivity index is 2.06. The second kappa shape index (κ2) is 6.82. The van der Waals surface area contributed by atoms with Gasteiger partial charge in [0.05, 0.1) is 5.01 Å². The van der Waals surface area contributed by atoms with Crippen LogP contribution in [0.15, 0.2) is 29.6 Å². The Morgan fingerprint density at radius 1 is 1.24 bits per heavy atom. The molecule has 0 atom stereocenters. The molecule has 1 aromatic carbocycles. The molecule has 7 nitrogen and oxygen atoms in total. The molecule has 0 aliphatic carbocycles. The molecule has 0 saturated carbocycles. The number of anilines is 2. The average Bonchev–Trinajstić information content (AvgIpc) is 2.87. The molecule has 6 N–H and O–H groups in total. The summed E-state index contributed by atoms with van der Waals surface area (Å²) in [5.41, 5.74) is 11.9. The van der Waals surface area contributed by atoms with E-state index in [2.05, 4.69) is 15.6 Å². The second-order valence-corrected chi connectivity index (χ2v) is 5.13. The zero-order chi connectivity index (χ0) is 15.2. The van der Waals surface area contributed by atoms with Gasteiger partial charge in [0.25, 0.3) is 5.91 Å². The van der Waals surface area contributed by atoms with Crippen LogP contribution in [0, 0.1) is 0 Å². The van der Waals surface area contributed by atoms with E-state index in [1.54, 1.807) is 29.6 Å². The molecule has 110 valence electrons. The van der Waals surface area contributed by atoms with Crippen LogP contribution >= 0.6 is 11.3 Å². The minimum Gasteiger partial charge on any atom is -0.351 e. The van der Waals surface area contributed by atoms with E-state index in [0.717, 1.165) is 5.01 Å². The third kappa shape index (κ3) is 4.26. The van der Waals surface area contributed by atoms with Crippen LogP contribution in [-0.2, 0) is 6.42 Å². The molecule has 3 amide bonds. The van der Waals surface area contributed by atoms with E-state index < -0.39 is 6.03 Å². The van der Waals surface area contributed by atoms with Crippen molar-refractivity contribution < 1.29 is 9.59 Å². The average molecular weight is 305 g/mol. The maximum atomic E-state index is 12.1. The summed E-state index contributed by atoms with van der Waals surface area (Å²) in [7, 11) is 0. The lowest BCUT2D eigenvalue weighted by Gasteiger charge is -2.06. The van der Waals surface area contributed by atoms with Crippen LogP contribution in [0.25, 0.3) is 0 Å². The number of nitrogens with one attached hydrogen (secondary N) is 2. The fourth-order valence-electron chi connectivity index (χ4n) is 1.67. The summed E-state index contributed by atoms with van der Waals surface area (Å²) < 4.78 is 0. The number of urea groups is 1. The van der Waals surface area contributed by atoms with Gasteiger partial charge >= 0.3 is 6.03 Å². The summed E-state index contributed by atoms with van der Waals surface area (Å²) >= 11 is 1.40. The zero-order valence-corrected chi connectivity index (χ0v) is 11.9. The van der Waals surface area contributed by atoms with Gasteiger partial charge in [-0.1, -0.05) is 6.07 Å². The lowest BCUT2D eigenvalue weighted by atomic mass is 10.2. The van der Waals surface area contributed by atoms with Crippen LogP contribution in [-0.4, -0.2) is 23.5 Å². The number of nitrogens with two attached hydrogens (primary N) is 2. The molecular weight excluding hydrogens is 290 g/mol. The smallest absolute Gasteiger partial charge is 0.316 e. The Morgan fingerprint density at radius 3 is 2.62 bits per heavy atom. The standard InChI is InChI=1S/C13H15N5O2S/c14-5-4-11-18-10(7-21-11)12(19)16-8-2-1-3-9(6-8)17-13(15)20/h1-3,6-7H,4-5,14H2,(H,16,19)(H3,15,17,20). The molecule has 0 bridgehead atoms. The van der Waals surface area contributed by atoms with Crippen LogP contribution < -0.4 is 22.1 Å². The Morgan fingerprint density at radius 2 is 1.95 bits per heavy atom. The topological polar surface area (TPSA) is 123 Å². The van der Waals surface area contributed by atoms with E-state index in [1.807, 2.05) is 0 Å². The number of rotatable bonds is 5. The van der Waals surface area contributed by atoms with Gasteiger partial charge in [-0.15, -0.1) is 11.3 Å². The van der Waals surface area contributed by atoms with Gasteiger partial charge in [-0.25, -0.2) is 9.78 Å². The van der Waals surface area contributed by atoms with Crippen LogP contribution in [0.4, 0.5) is 16.2 Å². The maximum absolute atomic E-state index is 12.1. The Labute approximate surface area is 125 Å². The predicted octanol–water partition coefficient (Wildman–Crippen LogP) is 1.39. The van der Waals surface area contributed by atoms with Crippen molar-refractivity contribution in [2.75, 3.05) is 17.2 Å². The predicted molar refractivity (Wildman–Crippen MR) is 82.5 cm³/mol. The number of primary amides is 1. The summed E-state index contributed by atoms with van der Waals surface area (Å²) in [6.45, 7) is 0.495. The number of benzene rings is 1. The SMILES string of the molecule is NCCc1nc(C(=O)Nc2cccc(NC(N)=O)c2)cs1. The van der Waals surface area contributed by atoms with E-state index in [0.29, 0.717) is 30.0 Å². The number of hydrogen-bond donors (Lipinski definition) is 4.